The van der Waals surface area contributed by atoms with Crippen molar-refractivity contribution < 1.29 is 19.4 Å². The summed E-state index contributed by atoms with van der Waals surface area (Å²) in [6.45, 7) is 0.187. The van der Waals surface area contributed by atoms with Gasteiger partial charge in [-0.3, -0.25) is 4.79 Å². The largest absolute Gasteiger partial charge is 0.497 e. The number of hydrogen-bond acceptors (Lipinski definition) is 4. The molecule has 0 radical (unpaired) electrons. The highest BCUT2D eigenvalue weighted by Crippen LogP contribution is 2.25. The third kappa shape index (κ3) is 3.75. The topological polar surface area (TPSA) is 55.8 Å². The molecule has 1 aromatic carbocycles. The fraction of sp³-hybridized carbons (Fsp3) is 0.364. The number of benzene rings is 1. The minimum Gasteiger partial charge on any atom is -0.497 e. The van der Waals surface area contributed by atoms with Crippen LogP contribution in [0.15, 0.2) is 29.2 Å². The molecule has 16 heavy (non-hydrogen) atoms. The second-order valence-electron chi connectivity index (χ2n) is 3.08. The van der Waals surface area contributed by atoms with Gasteiger partial charge in [0.25, 0.3) is 0 Å². The van der Waals surface area contributed by atoms with Gasteiger partial charge in [-0.2, -0.15) is 0 Å². The second kappa shape index (κ2) is 6.40. The summed E-state index contributed by atoms with van der Waals surface area (Å²) in [7, 11) is 3.08. The van der Waals surface area contributed by atoms with E-state index in [9.17, 15) is 4.79 Å². The van der Waals surface area contributed by atoms with Crippen molar-refractivity contribution >= 4 is 17.7 Å². The first-order chi connectivity index (χ1) is 7.67. The van der Waals surface area contributed by atoms with Crippen LogP contribution in [0.25, 0.3) is 0 Å². The van der Waals surface area contributed by atoms with E-state index in [1.54, 1.807) is 19.2 Å². The summed E-state index contributed by atoms with van der Waals surface area (Å²) >= 11 is 1.26. The monoisotopic (exact) mass is 242 g/mol. The normalized spacial score (nSPS) is 12.1. The van der Waals surface area contributed by atoms with Crippen LogP contribution in [0.3, 0.4) is 0 Å². The van der Waals surface area contributed by atoms with E-state index in [0.29, 0.717) is 0 Å². The van der Waals surface area contributed by atoms with Gasteiger partial charge in [-0.15, -0.1) is 11.8 Å². The average molecular weight is 242 g/mol. The SMILES string of the molecule is COCC(Sc1ccc(OC)cc1)C(=O)O. The van der Waals surface area contributed by atoms with Gasteiger partial charge in [0.1, 0.15) is 11.0 Å². The molecule has 4 nitrogen and oxygen atoms in total. The van der Waals surface area contributed by atoms with Crippen molar-refractivity contribution in [2.75, 3.05) is 20.8 Å². The highest BCUT2D eigenvalue weighted by molar-refractivity contribution is 8.00. The van der Waals surface area contributed by atoms with Gasteiger partial charge in [-0.1, -0.05) is 0 Å². The molecule has 0 saturated heterocycles. The molecule has 0 aliphatic heterocycles. The molecule has 0 saturated carbocycles. The molecule has 0 aromatic heterocycles. The summed E-state index contributed by atoms with van der Waals surface area (Å²) in [5.74, 6) is -0.120. The standard InChI is InChI=1S/C11H14O4S/c1-14-7-10(11(12)13)16-9-5-3-8(15-2)4-6-9/h3-6,10H,7H2,1-2H3,(H,12,13). The molecular formula is C11H14O4S. The molecule has 0 fully saturated rings. The molecule has 1 aromatic rings. The molecular weight excluding hydrogens is 228 g/mol. The Labute approximate surface area is 98.6 Å². The van der Waals surface area contributed by atoms with E-state index in [1.807, 2.05) is 12.1 Å². The summed E-state index contributed by atoms with van der Waals surface area (Å²) in [5.41, 5.74) is 0. The predicted molar refractivity (Wildman–Crippen MR) is 62.2 cm³/mol. The molecule has 0 bridgehead atoms. The van der Waals surface area contributed by atoms with Crippen LogP contribution in [0.4, 0.5) is 0 Å². The van der Waals surface area contributed by atoms with Crippen molar-refractivity contribution in [2.45, 2.75) is 10.1 Å². The molecule has 0 aliphatic rings. The zero-order valence-corrected chi connectivity index (χ0v) is 9.99. The van der Waals surface area contributed by atoms with Gasteiger partial charge in [0.05, 0.1) is 13.7 Å². The summed E-state index contributed by atoms with van der Waals surface area (Å²) in [6, 6.07) is 7.26. The smallest absolute Gasteiger partial charge is 0.319 e. The van der Waals surface area contributed by atoms with E-state index in [4.69, 9.17) is 14.6 Å². The second-order valence-corrected chi connectivity index (χ2v) is 4.35. The Morgan fingerprint density at radius 2 is 2.00 bits per heavy atom. The maximum absolute atomic E-state index is 10.9. The van der Waals surface area contributed by atoms with Crippen LogP contribution in [-0.2, 0) is 9.53 Å². The Bertz CT molecular complexity index is 336. The zero-order chi connectivity index (χ0) is 12.0. The number of carbonyl (C=O) groups is 1. The van der Waals surface area contributed by atoms with Crippen LogP contribution >= 0.6 is 11.8 Å². The van der Waals surface area contributed by atoms with Gasteiger partial charge in [-0.25, -0.2) is 0 Å². The first-order valence-corrected chi connectivity index (χ1v) is 5.57. The third-order valence-corrected chi connectivity index (χ3v) is 3.10. The lowest BCUT2D eigenvalue weighted by molar-refractivity contribution is -0.137. The Kier molecular flexibility index (Phi) is 5.14. The van der Waals surface area contributed by atoms with Crippen molar-refractivity contribution in [3.63, 3.8) is 0 Å². The maximum Gasteiger partial charge on any atom is 0.319 e. The molecule has 0 aliphatic carbocycles. The van der Waals surface area contributed by atoms with Crippen LogP contribution in [-0.4, -0.2) is 37.2 Å². The number of hydrogen-bond donors (Lipinski definition) is 1. The van der Waals surface area contributed by atoms with E-state index in [0.717, 1.165) is 10.6 Å². The quantitative estimate of drug-likeness (QED) is 0.772. The Morgan fingerprint density at radius 1 is 1.38 bits per heavy atom. The summed E-state index contributed by atoms with van der Waals surface area (Å²) in [6.07, 6.45) is 0. The third-order valence-electron chi connectivity index (χ3n) is 1.93. The lowest BCUT2D eigenvalue weighted by Gasteiger charge is -2.10. The molecule has 5 heteroatoms. The molecule has 0 spiro atoms. The molecule has 0 amide bonds. The van der Waals surface area contributed by atoms with Crippen LogP contribution in [0.5, 0.6) is 5.75 Å². The number of methoxy groups -OCH3 is 2. The predicted octanol–water partition coefficient (Wildman–Crippen LogP) is 1.89. The highest BCUT2D eigenvalue weighted by atomic mass is 32.2. The van der Waals surface area contributed by atoms with Crippen molar-refractivity contribution in [1.29, 1.82) is 0 Å². The molecule has 1 N–H and O–H groups in total. The van der Waals surface area contributed by atoms with Gasteiger partial charge in [0.2, 0.25) is 0 Å². The Morgan fingerprint density at radius 3 is 2.44 bits per heavy atom. The summed E-state index contributed by atoms with van der Waals surface area (Å²) < 4.78 is 9.87. The molecule has 0 heterocycles. The maximum atomic E-state index is 10.9. The number of carboxylic acids is 1. The van der Waals surface area contributed by atoms with E-state index in [1.165, 1.54) is 18.9 Å². The lowest BCUT2D eigenvalue weighted by Crippen LogP contribution is -2.21. The van der Waals surface area contributed by atoms with Crippen molar-refractivity contribution in [3.8, 4) is 5.75 Å². The minimum absolute atomic E-state index is 0.187. The first-order valence-electron chi connectivity index (χ1n) is 4.70. The molecule has 88 valence electrons. The molecule has 1 rings (SSSR count). The fourth-order valence-electron chi connectivity index (χ4n) is 1.13. The summed E-state index contributed by atoms with van der Waals surface area (Å²) in [5, 5.41) is 8.36. The van der Waals surface area contributed by atoms with Crippen LogP contribution in [0.1, 0.15) is 0 Å². The minimum atomic E-state index is -0.873. The summed E-state index contributed by atoms with van der Waals surface area (Å²) in [4.78, 5) is 11.8. The fourth-order valence-corrected chi connectivity index (χ4v) is 2.05. The average Bonchev–Trinajstić information content (AvgIpc) is 2.29. The number of aliphatic carboxylic acids is 1. The molecule has 1 unspecified atom stereocenters. The van der Waals surface area contributed by atoms with Crippen LogP contribution in [0, 0.1) is 0 Å². The van der Waals surface area contributed by atoms with Gasteiger partial charge in [0.15, 0.2) is 0 Å². The van der Waals surface area contributed by atoms with Crippen molar-refractivity contribution in [2.24, 2.45) is 0 Å². The number of thioether (sulfide) groups is 1. The number of carboxylic acid groups (broad SMARTS) is 1. The van der Waals surface area contributed by atoms with Crippen LogP contribution < -0.4 is 4.74 Å². The lowest BCUT2D eigenvalue weighted by atomic mass is 10.3. The zero-order valence-electron chi connectivity index (χ0n) is 9.17. The van der Waals surface area contributed by atoms with Crippen molar-refractivity contribution in [1.82, 2.24) is 0 Å². The number of rotatable bonds is 6. The molecule has 1 atom stereocenters. The van der Waals surface area contributed by atoms with E-state index in [2.05, 4.69) is 0 Å². The Balaban J connectivity index is 2.65. The van der Waals surface area contributed by atoms with Crippen molar-refractivity contribution in [3.05, 3.63) is 24.3 Å². The van der Waals surface area contributed by atoms with Gasteiger partial charge >= 0.3 is 5.97 Å². The van der Waals surface area contributed by atoms with Crippen LogP contribution in [0.2, 0.25) is 0 Å². The number of ether oxygens (including phenoxy) is 2. The first kappa shape index (κ1) is 12.9. The van der Waals surface area contributed by atoms with E-state index in [-0.39, 0.29) is 6.61 Å². The highest BCUT2D eigenvalue weighted by Gasteiger charge is 2.18. The Hall–Kier alpha value is -1.20. The van der Waals surface area contributed by atoms with Gasteiger partial charge in [-0.05, 0) is 24.3 Å². The van der Waals surface area contributed by atoms with E-state index >= 15 is 0 Å². The van der Waals surface area contributed by atoms with Gasteiger partial charge in [0, 0.05) is 12.0 Å². The van der Waals surface area contributed by atoms with Gasteiger partial charge < -0.3 is 14.6 Å². The van der Waals surface area contributed by atoms with E-state index < -0.39 is 11.2 Å².